The second kappa shape index (κ2) is 9.76. The number of benzene rings is 1. The van der Waals surface area contributed by atoms with E-state index < -0.39 is 17.9 Å². The summed E-state index contributed by atoms with van der Waals surface area (Å²) in [5.74, 6) is -4.01. The fourth-order valence-corrected chi connectivity index (χ4v) is 1.91. The number of rotatable bonds is 4. The van der Waals surface area contributed by atoms with Crippen LogP contribution < -0.4 is 0 Å². The van der Waals surface area contributed by atoms with Crippen molar-refractivity contribution in [3.05, 3.63) is 33.9 Å². The van der Waals surface area contributed by atoms with E-state index in [1.165, 1.54) is 6.92 Å². The monoisotopic (exact) mass is 634 g/mol. The van der Waals surface area contributed by atoms with Gasteiger partial charge in [-0.25, -0.2) is 14.4 Å². The molecule has 0 radical (unpaired) electrons. The number of aromatic carboxylic acids is 3. The van der Waals surface area contributed by atoms with Crippen LogP contribution >= 0.6 is 50.5 Å². The first-order chi connectivity index (χ1) is 9.72. The zero-order chi connectivity index (χ0) is 16.7. The van der Waals surface area contributed by atoms with Crippen LogP contribution in [0.5, 0.6) is 0 Å². The summed E-state index contributed by atoms with van der Waals surface area (Å²) < 4.78 is 0. The van der Waals surface area contributed by atoms with Crippen LogP contribution in [-0.2, 0) is 6.42 Å². The molecule has 0 heterocycles. The van der Waals surface area contributed by atoms with Crippen molar-refractivity contribution in [3.63, 3.8) is 0 Å². The molecule has 0 aliphatic heterocycles. The van der Waals surface area contributed by atoms with Crippen molar-refractivity contribution in [2.24, 2.45) is 0 Å². The summed E-state index contributed by atoms with van der Waals surface area (Å²) in [6.45, 7) is 2.98. The average molecular weight is 634 g/mol. The Morgan fingerprint density at radius 2 is 1.48 bits per heavy atom. The second-order valence-electron chi connectivity index (χ2n) is 3.78. The minimum atomic E-state index is -1.35. The Labute approximate surface area is 150 Å². The predicted molar refractivity (Wildman–Crippen MR) is 105 cm³/mol. The van der Waals surface area contributed by atoms with Gasteiger partial charge in [-0.05, 0) is 30.5 Å². The van der Waals surface area contributed by atoms with Gasteiger partial charge in [0, 0.05) is 0 Å². The van der Waals surface area contributed by atoms with Gasteiger partial charge in [0.05, 0.1) is 16.7 Å². The number of halogens is 3. The molecule has 0 bridgehead atoms. The molecule has 0 aliphatic rings. The summed E-state index contributed by atoms with van der Waals surface area (Å²) >= 11 is 5.22. The van der Waals surface area contributed by atoms with Gasteiger partial charge >= 0.3 is 68.4 Å². The molecule has 0 fully saturated rings. The SMILES string of the molecule is CCc1c(C(=O)O)cc(C(=O)O)c(C)c1C(=O)O.I[IH]I. The molecule has 0 amide bonds. The molecule has 0 saturated heterocycles. The van der Waals surface area contributed by atoms with Crippen molar-refractivity contribution in [2.45, 2.75) is 20.3 Å². The van der Waals surface area contributed by atoms with Crippen molar-refractivity contribution in [1.82, 2.24) is 0 Å². The topological polar surface area (TPSA) is 112 Å². The van der Waals surface area contributed by atoms with Gasteiger partial charge in [-0.2, -0.15) is 0 Å². The van der Waals surface area contributed by atoms with E-state index in [1.807, 2.05) is 0 Å². The van der Waals surface area contributed by atoms with Crippen molar-refractivity contribution in [3.8, 4) is 0 Å². The van der Waals surface area contributed by atoms with E-state index in [-0.39, 0.29) is 34.2 Å². The molecule has 0 atom stereocenters. The fourth-order valence-electron chi connectivity index (χ4n) is 1.91. The number of hydrogen-bond donors (Lipinski definition) is 3. The normalized spacial score (nSPS) is 9.71. The maximum absolute atomic E-state index is 11.2. The summed E-state index contributed by atoms with van der Waals surface area (Å²) in [4.78, 5) is 33.2. The Morgan fingerprint density at radius 1 is 1.05 bits per heavy atom. The Kier molecular flexibility index (Phi) is 9.68. The Hall–Kier alpha value is -0.180. The zero-order valence-corrected chi connectivity index (χ0v) is 17.7. The van der Waals surface area contributed by atoms with Crippen LogP contribution in [0.2, 0.25) is 0 Å². The van der Waals surface area contributed by atoms with Crippen LogP contribution in [0.25, 0.3) is 0 Å². The maximum atomic E-state index is 11.2. The molecule has 1 aromatic rings. The first-order valence-corrected chi connectivity index (χ1v) is 19.1. The van der Waals surface area contributed by atoms with Crippen LogP contribution in [0.3, 0.4) is 0 Å². The molecule has 118 valence electrons. The molecule has 1 aromatic carbocycles. The van der Waals surface area contributed by atoms with Crippen LogP contribution in [-0.4, -0.2) is 33.2 Å². The quantitative estimate of drug-likeness (QED) is 0.432. The molecule has 0 spiro atoms. The average Bonchev–Trinajstić information content (AvgIpc) is 2.37. The first-order valence-electron chi connectivity index (χ1n) is 5.48. The van der Waals surface area contributed by atoms with Crippen molar-refractivity contribution in [1.29, 1.82) is 0 Å². The van der Waals surface area contributed by atoms with Gasteiger partial charge < -0.3 is 15.3 Å². The molecular weight excluding hydrogens is 621 g/mol. The first kappa shape index (κ1) is 20.8. The van der Waals surface area contributed by atoms with E-state index in [9.17, 15) is 14.4 Å². The molecule has 21 heavy (non-hydrogen) atoms. The summed E-state index contributed by atoms with van der Waals surface area (Å²) in [5.41, 5.74) is -0.621. The Morgan fingerprint density at radius 3 is 1.76 bits per heavy atom. The molecular formula is C12H13I3O6. The van der Waals surface area contributed by atoms with Gasteiger partial charge in [0.2, 0.25) is 0 Å². The fraction of sp³-hybridized carbons (Fsp3) is 0.250. The van der Waals surface area contributed by atoms with Crippen LogP contribution in [0, 0.1) is 6.92 Å². The third kappa shape index (κ3) is 5.50. The van der Waals surface area contributed by atoms with Crippen LogP contribution in [0.4, 0.5) is 0 Å². The summed E-state index contributed by atoms with van der Waals surface area (Å²) in [6, 6.07) is 1.01. The number of carboxylic acid groups (broad SMARTS) is 3. The predicted octanol–water partition coefficient (Wildman–Crippen LogP) is 4.04. The third-order valence-corrected chi connectivity index (χ3v) is 2.72. The number of hydrogen-bond acceptors (Lipinski definition) is 3. The molecule has 0 aliphatic carbocycles. The number of carboxylic acids is 3. The van der Waals surface area contributed by atoms with Gasteiger partial charge in [0.15, 0.2) is 0 Å². The summed E-state index contributed by atoms with van der Waals surface area (Å²) in [6.07, 6.45) is 0.198. The Bertz CT molecular complexity index is 571. The second-order valence-corrected chi connectivity index (χ2v) is 21.3. The van der Waals surface area contributed by atoms with Gasteiger partial charge in [0.25, 0.3) is 0 Å². The Balaban J connectivity index is 0.00000122. The van der Waals surface area contributed by atoms with E-state index in [4.69, 9.17) is 15.3 Å². The van der Waals surface area contributed by atoms with Crippen molar-refractivity contribution < 1.29 is 29.7 Å². The van der Waals surface area contributed by atoms with Gasteiger partial charge in [-0.1, -0.05) is 6.92 Å². The molecule has 3 N–H and O–H groups in total. The number of carbonyl (C=O) groups is 3. The van der Waals surface area contributed by atoms with E-state index in [0.29, 0.717) is 13.3 Å². The van der Waals surface area contributed by atoms with Gasteiger partial charge in [0.1, 0.15) is 0 Å². The summed E-state index contributed by atoms with van der Waals surface area (Å²) in [5, 5.41) is 27.1. The van der Waals surface area contributed by atoms with E-state index in [0.717, 1.165) is 6.07 Å². The van der Waals surface area contributed by atoms with E-state index in [1.54, 1.807) is 6.92 Å². The summed E-state index contributed by atoms with van der Waals surface area (Å²) in [7, 11) is 0. The molecule has 0 saturated carbocycles. The standard InChI is InChI=1S/C12H12O6.HI3/c1-3-6-8(11(15)16)4-7(10(13)14)5(2)9(6)12(17)18;1-3-2/h4H,3H2,1-2H3,(H,13,14)(H,15,16)(H,17,18);3H. The van der Waals surface area contributed by atoms with Crippen LogP contribution in [0.15, 0.2) is 6.07 Å². The third-order valence-electron chi connectivity index (χ3n) is 2.72. The molecule has 0 aromatic heterocycles. The van der Waals surface area contributed by atoms with Gasteiger partial charge in [-0.15, -0.1) is 0 Å². The van der Waals surface area contributed by atoms with Crippen molar-refractivity contribution >= 4 is 68.4 Å². The van der Waals surface area contributed by atoms with E-state index in [2.05, 4.69) is 37.2 Å². The molecule has 1 rings (SSSR count). The van der Waals surface area contributed by atoms with Crippen molar-refractivity contribution in [2.75, 3.05) is 0 Å². The zero-order valence-electron chi connectivity index (χ0n) is 11.0. The molecule has 6 nitrogen and oxygen atoms in total. The van der Waals surface area contributed by atoms with Gasteiger partial charge in [-0.3, -0.25) is 0 Å². The molecule has 0 unspecified atom stereocenters. The minimum absolute atomic E-state index is 0.0665. The van der Waals surface area contributed by atoms with Crippen LogP contribution in [0.1, 0.15) is 49.1 Å². The molecule has 9 heteroatoms. The van der Waals surface area contributed by atoms with E-state index >= 15 is 0 Å².